The van der Waals surface area contributed by atoms with Gasteiger partial charge in [0.1, 0.15) is 17.2 Å². The Hall–Kier alpha value is -3.48. The van der Waals surface area contributed by atoms with Crippen molar-refractivity contribution >= 4 is 17.4 Å². The molecular formula is C18H16N6O. The highest BCUT2D eigenvalue weighted by molar-refractivity contribution is 6.05. The van der Waals surface area contributed by atoms with E-state index in [9.17, 15) is 4.79 Å². The van der Waals surface area contributed by atoms with Crippen molar-refractivity contribution in [2.45, 2.75) is 13.5 Å². The van der Waals surface area contributed by atoms with Crippen molar-refractivity contribution in [1.29, 1.82) is 0 Å². The third-order valence-electron chi connectivity index (χ3n) is 3.94. The smallest absolute Gasteiger partial charge is 0.260 e. The number of anilines is 1. The number of rotatable bonds is 4. The maximum atomic E-state index is 12.7. The molecule has 0 radical (unpaired) electrons. The highest BCUT2D eigenvalue weighted by atomic mass is 16.1. The standard InChI is InChI=1S/C18H16N6O/c1-2-23-12-14(11-20-23)18(25)22-17-16(13-6-8-19-9-7-13)21-15-5-3-4-10-24(15)17/h3-12H,2H2,1H3,(H,22,25). The molecule has 0 aromatic carbocycles. The van der Waals surface area contributed by atoms with Crippen LogP contribution in [-0.2, 0) is 6.54 Å². The van der Waals surface area contributed by atoms with Crippen molar-refractivity contribution in [3.8, 4) is 11.3 Å². The monoisotopic (exact) mass is 332 g/mol. The second-order valence-corrected chi connectivity index (χ2v) is 5.51. The van der Waals surface area contributed by atoms with Gasteiger partial charge in [-0.15, -0.1) is 0 Å². The van der Waals surface area contributed by atoms with Gasteiger partial charge < -0.3 is 5.32 Å². The SMILES string of the molecule is CCn1cc(C(=O)Nc2c(-c3ccncc3)nc3ccccn23)cn1. The Morgan fingerprint density at radius 2 is 2.04 bits per heavy atom. The van der Waals surface area contributed by atoms with Crippen LogP contribution < -0.4 is 5.32 Å². The van der Waals surface area contributed by atoms with Crippen LogP contribution in [0.1, 0.15) is 17.3 Å². The molecule has 0 fully saturated rings. The summed E-state index contributed by atoms with van der Waals surface area (Å²) in [5.41, 5.74) is 2.85. The number of carbonyl (C=O) groups excluding carboxylic acids is 1. The average Bonchev–Trinajstić information content (AvgIpc) is 3.28. The summed E-state index contributed by atoms with van der Waals surface area (Å²) in [5.74, 6) is 0.400. The van der Waals surface area contributed by atoms with Crippen molar-refractivity contribution in [2.75, 3.05) is 5.32 Å². The van der Waals surface area contributed by atoms with Crippen molar-refractivity contribution in [3.63, 3.8) is 0 Å². The molecule has 1 N–H and O–H groups in total. The summed E-state index contributed by atoms with van der Waals surface area (Å²) >= 11 is 0. The molecule has 0 spiro atoms. The molecule has 0 saturated carbocycles. The van der Waals surface area contributed by atoms with Gasteiger partial charge in [0.25, 0.3) is 5.91 Å². The molecule has 7 heteroatoms. The minimum absolute atomic E-state index is 0.222. The molecule has 4 aromatic heterocycles. The molecule has 1 amide bonds. The normalized spacial score (nSPS) is 10.9. The third kappa shape index (κ3) is 2.76. The van der Waals surface area contributed by atoms with Gasteiger partial charge in [-0.25, -0.2) is 4.98 Å². The number of fused-ring (bicyclic) bond motifs is 1. The van der Waals surface area contributed by atoms with E-state index in [-0.39, 0.29) is 5.91 Å². The molecule has 7 nitrogen and oxygen atoms in total. The summed E-state index contributed by atoms with van der Waals surface area (Å²) in [4.78, 5) is 21.3. The molecule has 124 valence electrons. The number of hydrogen-bond acceptors (Lipinski definition) is 4. The zero-order valence-corrected chi connectivity index (χ0v) is 13.6. The molecule has 0 atom stereocenters. The second kappa shape index (κ2) is 6.20. The van der Waals surface area contributed by atoms with Crippen LogP contribution in [0.5, 0.6) is 0 Å². The fourth-order valence-corrected chi connectivity index (χ4v) is 2.66. The Morgan fingerprint density at radius 3 is 2.80 bits per heavy atom. The first-order valence-electron chi connectivity index (χ1n) is 7.97. The Balaban J connectivity index is 1.78. The van der Waals surface area contributed by atoms with Crippen molar-refractivity contribution in [2.24, 2.45) is 0 Å². The van der Waals surface area contributed by atoms with Gasteiger partial charge in [0.05, 0.1) is 11.8 Å². The van der Waals surface area contributed by atoms with E-state index in [1.165, 1.54) is 0 Å². The molecule has 0 aliphatic rings. The molecule has 0 unspecified atom stereocenters. The van der Waals surface area contributed by atoms with Gasteiger partial charge in [0.2, 0.25) is 0 Å². The van der Waals surface area contributed by atoms with E-state index in [4.69, 9.17) is 0 Å². The highest BCUT2D eigenvalue weighted by Crippen LogP contribution is 2.28. The zero-order valence-electron chi connectivity index (χ0n) is 13.6. The lowest BCUT2D eigenvalue weighted by Gasteiger charge is -2.06. The summed E-state index contributed by atoms with van der Waals surface area (Å²) in [5, 5.41) is 7.13. The highest BCUT2D eigenvalue weighted by Gasteiger charge is 2.17. The minimum Gasteiger partial charge on any atom is -0.306 e. The third-order valence-corrected chi connectivity index (χ3v) is 3.94. The van der Waals surface area contributed by atoms with Crippen molar-refractivity contribution < 1.29 is 4.79 Å². The van der Waals surface area contributed by atoms with Gasteiger partial charge in [-0.1, -0.05) is 6.07 Å². The lowest BCUT2D eigenvalue weighted by atomic mass is 10.2. The average molecular weight is 332 g/mol. The molecular weight excluding hydrogens is 316 g/mol. The number of nitrogens with one attached hydrogen (secondary N) is 1. The summed E-state index contributed by atoms with van der Waals surface area (Å²) < 4.78 is 3.57. The number of aromatic nitrogens is 5. The van der Waals surface area contributed by atoms with Crippen LogP contribution >= 0.6 is 0 Å². The number of amides is 1. The Morgan fingerprint density at radius 1 is 1.20 bits per heavy atom. The largest absolute Gasteiger partial charge is 0.306 e. The topological polar surface area (TPSA) is 77.1 Å². The summed E-state index contributed by atoms with van der Waals surface area (Å²) in [6, 6.07) is 9.44. The first-order valence-corrected chi connectivity index (χ1v) is 7.97. The molecule has 4 rings (SSSR count). The van der Waals surface area contributed by atoms with Crippen LogP contribution in [0.3, 0.4) is 0 Å². The number of hydrogen-bond donors (Lipinski definition) is 1. The quantitative estimate of drug-likeness (QED) is 0.623. The summed E-state index contributed by atoms with van der Waals surface area (Å²) in [7, 11) is 0. The van der Waals surface area contributed by atoms with Crippen LogP contribution in [0.25, 0.3) is 16.9 Å². The van der Waals surface area contributed by atoms with Crippen molar-refractivity contribution in [1.82, 2.24) is 24.1 Å². The maximum Gasteiger partial charge on any atom is 0.260 e. The van der Waals surface area contributed by atoms with Crippen LogP contribution in [0.15, 0.2) is 61.3 Å². The van der Waals surface area contributed by atoms with Gasteiger partial charge in [0, 0.05) is 36.9 Å². The molecule has 0 aliphatic heterocycles. The van der Waals surface area contributed by atoms with E-state index in [2.05, 4.69) is 20.4 Å². The Kier molecular flexibility index (Phi) is 3.74. The fraction of sp³-hybridized carbons (Fsp3) is 0.111. The number of nitrogens with zero attached hydrogens (tertiary/aromatic N) is 5. The number of pyridine rings is 2. The fourth-order valence-electron chi connectivity index (χ4n) is 2.66. The lowest BCUT2D eigenvalue weighted by Crippen LogP contribution is -2.13. The lowest BCUT2D eigenvalue weighted by molar-refractivity contribution is 0.102. The van der Waals surface area contributed by atoms with E-state index < -0.39 is 0 Å². The van der Waals surface area contributed by atoms with Crippen LogP contribution in [-0.4, -0.2) is 30.1 Å². The van der Waals surface area contributed by atoms with E-state index >= 15 is 0 Å². The predicted molar refractivity (Wildman–Crippen MR) is 94.3 cm³/mol. The second-order valence-electron chi connectivity index (χ2n) is 5.51. The molecule has 25 heavy (non-hydrogen) atoms. The Bertz CT molecular complexity index is 1030. The van der Waals surface area contributed by atoms with Crippen molar-refractivity contribution in [3.05, 3.63) is 66.9 Å². The first kappa shape index (κ1) is 15.1. The van der Waals surface area contributed by atoms with Crippen LogP contribution in [0, 0.1) is 0 Å². The minimum atomic E-state index is -0.222. The van der Waals surface area contributed by atoms with Gasteiger partial charge in [-0.05, 0) is 31.2 Å². The summed E-state index contributed by atoms with van der Waals surface area (Å²) in [6.45, 7) is 2.69. The summed E-state index contributed by atoms with van der Waals surface area (Å²) in [6.07, 6.45) is 8.57. The van der Waals surface area contributed by atoms with E-state index in [0.717, 1.165) is 11.2 Å². The van der Waals surface area contributed by atoms with E-state index in [1.54, 1.807) is 29.5 Å². The first-order chi connectivity index (χ1) is 12.3. The number of aryl methyl sites for hydroxylation is 1. The molecule has 0 saturated heterocycles. The zero-order chi connectivity index (χ0) is 17.2. The Labute approximate surface area is 144 Å². The molecule has 0 bridgehead atoms. The maximum absolute atomic E-state index is 12.7. The number of imidazole rings is 1. The van der Waals surface area contributed by atoms with Gasteiger partial charge in [-0.2, -0.15) is 5.10 Å². The van der Waals surface area contributed by atoms with Gasteiger partial charge in [-0.3, -0.25) is 18.9 Å². The predicted octanol–water partition coefficient (Wildman–Crippen LogP) is 2.87. The molecule has 4 aromatic rings. The molecule has 4 heterocycles. The van der Waals surface area contributed by atoms with Crippen LogP contribution in [0.2, 0.25) is 0 Å². The van der Waals surface area contributed by atoms with Crippen LogP contribution in [0.4, 0.5) is 5.82 Å². The molecule has 0 aliphatic carbocycles. The van der Waals surface area contributed by atoms with Gasteiger partial charge in [0.15, 0.2) is 0 Å². The van der Waals surface area contributed by atoms with E-state index in [0.29, 0.717) is 23.6 Å². The number of carbonyl (C=O) groups is 1. The van der Waals surface area contributed by atoms with Gasteiger partial charge >= 0.3 is 0 Å². The van der Waals surface area contributed by atoms with E-state index in [1.807, 2.05) is 47.9 Å².